The number of hydrogen-bond donors (Lipinski definition) is 6. The largest absolute Gasteiger partial charge is 0.480 e. The molecule has 0 heterocycles. The molecule has 3 atom stereocenters. The smallest absolute Gasteiger partial charge is 0.330 e. The molecule has 0 fully saturated rings. The van der Waals surface area contributed by atoms with Crippen molar-refractivity contribution in [3.05, 3.63) is 35.9 Å². The van der Waals surface area contributed by atoms with Crippen LogP contribution in [0.15, 0.2) is 30.3 Å². The summed E-state index contributed by atoms with van der Waals surface area (Å²) in [4.78, 5) is 46.2. The lowest BCUT2D eigenvalue weighted by Crippen LogP contribution is -2.50. The number of benzene rings is 1. The van der Waals surface area contributed by atoms with Gasteiger partial charge in [-0.1, -0.05) is 30.3 Å². The number of aliphatic carboxylic acids is 2. The van der Waals surface area contributed by atoms with E-state index in [-0.39, 0.29) is 18.6 Å². The van der Waals surface area contributed by atoms with E-state index in [9.17, 15) is 24.3 Å². The van der Waals surface area contributed by atoms with Crippen molar-refractivity contribution in [3.8, 4) is 0 Å². The van der Waals surface area contributed by atoms with Gasteiger partial charge in [0.05, 0.1) is 0 Å². The van der Waals surface area contributed by atoms with Gasteiger partial charge in [-0.25, -0.2) is 4.79 Å². The first-order valence-electron chi connectivity index (χ1n) is 7.73. The number of carbonyl (C=O) groups is 4. The average molecular weight is 383 g/mol. The molecule has 0 spiro atoms. The Kier molecular flexibility index (Phi) is 8.59. The van der Waals surface area contributed by atoms with Crippen LogP contribution in [-0.4, -0.2) is 51.8 Å². The maximum Gasteiger partial charge on any atom is 0.330 e. The van der Waals surface area contributed by atoms with Gasteiger partial charge in [0.1, 0.15) is 12.1 Å². The predicted octanol–water partition coefficient (Wildman–Crippen LogP) is -0.465. The number of carboxylic acid groups (broad SMARTS) is 2. The molecule has 1 aromatic carbocycles. The molecule has 6 N–H and O–H groups in total. The van der Waals surface area contributed by atoms with Crippen molar-refractivity contribution in [2.24, 2.45) is 5.73 Å². The summed E-state index contributed by atoms with van der Waals surface area (Å²) in [5.74, 6) is -3.84. The molecular weight excluding hydrogens is 362 g/mol. The summed E-state index contributed by atoms with van der Waals surface area (Å²) in [6.45, 7) is 0. The molecule has 0 aliphatic heterocycles. The lowest BCUT2D eigenvalue weighted by atomic mass is 10.1. The fourth-order valence-corrected chi connectivity index (χ4v) is 2.30. The highest BCUT2D eigenvalue weighted by atomic mass is 32.1. The van der Waals surface area contributed by atoms with Gasteiger partial charge in [0.25, 0.3) is 0 Å². The van der Waals surface area contributed by atoms with E-state index in [1.165, 1.54) is 0 Å². The van der Waals surface area contributed by atoms with Crippen molar-refractivity contribution in [3.63, 3.8) is 0 Å². The molecule has 0 bridgehead atoms. The number of thiol groups is 1. The highest BCUT2D eigenvalue weighted by Crippen LogP contribution is 2.13. The van der Waals surface area contributed by atoms with Crippen LogP contribution in [0.2, 0.25) is 0 Å². The number of nitrogens with two attached hydrogens (primary N) is 1. The van der Waals surface area contributed by atoms with Crippen LogP contribution in [0.4, 0.5) is 0 Å². The summed E-state index contributed by atoms with van der Waals surface area (Å²) >= 11 is 3.99. The minimum atomic E-state index is -1.27. The second-order valence-electron chi connectivity index (χ2n) is 5.48. The molecule has 10 heteroatoms. The normalized spacial score (nSPS) is 13.9. The minimum Gasteiger partial charge on any atom is -0.480 e. The quantitative estimate of drug-likeness (QED) is 0.298. The lowest BCUT2D eigenvalue weighted by Gasteiger charge is -2.20. The Labute approximate surface area is 155 Å². The van der Waals surface area contributed by atoms with Gasteiger partial charge in [0, 0.05) is 12.2 Å². The van der Waals surface area contributed by atoms with Gasteiger partial charge in [-0.15, -0.1) is 0 Å². The summed E-state index contributed by atoms with van der Waals surface area (Å²) in [6, 6.07) is 4.57. The predicted molar refractivity (Wildman–Crippen MR) is 95.6 cm³/mol. The molecular formula is C16H21N3O6S. The first-order valence-corrected chi connectivity index (χ1v) is 8.36. The molecule has 0 saturated carbocycles. The van der Waals surface area contributed by atoms with Gasteiger partial charge in [0.2, 0.25) is 11.8 Å². The lowest BCUT2D eigenvalue weighted by molar-refractivity contribution is -0.142. The van der Waals surface area contributed by atoms with Crippen molar-refractivity contribution in [2.75, 3.05) is 5.75 Å². The van der Waals surface area contributed by atoms with Crippen LogP contribution in [0.5, 0.6) is 0 Å². The number of amides is 2. The van der Waals surface area contributed by atoms with Gasteiger partial charge >= 0.3 is 11.9 Å². The zero-order chi connectivity index (χ0) is 19.7. The molecule has 2 amide bonds. The summed E-state index contributed by atoms with van der Waals surface area (Å²) in [5, 5.41) is 22.7. The fraction of sp³-hybridized carbons (Fsp3) is 0.375. The second-order valence-corrected chi connectivity index (χ2v) is 5.84. The Morgan fingerprint density at radius 1 is 1.04 bits per heavy atom. The van der Waals surface area contributed by atoms with E-state index >= 15 is 0 Å². The van der Waals surface area contributed by atoms with Gasteiger partial charge < -0.3 is 26.6 Å². The van der Waals surface area contributed by atoms with E-state index in [2.05, 4.69) is 23.3 Å². The monoisotopic (exact) mass is 383 g/mol. The van der Waals surface area contributed by atoms with Gasteiger partial charge in [-0.3, -0.25) is 14.4 Å². The molecule has 0 radical (unpaired) electrons. The maximum absolute atomic E-state index is 12.3. The molecule has 0 aliphatic rings. The number of carbonyl (C=O) groups excluding carboxylic acids is 2. The fourth-order valence-electron chi connectivity index (χ4n) is 2.05. The molecule has 0 aliphatic carbocycles. The standard InChI is InChI=1S/C16H21N3O6S/c17-10(15(22)23)6-7-12(20)18-11(8-26)14(21)19-13(16(24)25)9-4-2-1-3-5-9/h1-5,10-11,13,26H,6-8,17H2,(H,18,20)(H,19,21)(H,22,23)(H,24,25)/t10-,11-,13?/m0/s1. The van der Waals surface area contributed by atoms with Crippen molar-refractivity contribution >= 4 is 36.4 Å². The highest BCUT2D eigenvalue weighted by molar-refractivity contribution is 7.80. The van der Waals surface area contributed by atoms with Crippen LogP contribution >= 0.6 is 12.6 Å². The Morgan fingerprint density at radius 2 is 1.65 bits per heavy atom. The van der Waals surface area contributed by atoms with Crippen LogP contribution in [0, 0.1) is 0 Å². The van der Waals surface area contributed by atoms with Crippen molar-refractivity contribution in [2.45, 2.75) is 31.0 Å². The number of carboxylic acids is 2. The van der Waals surface area contributed by atoms with E-state index in [4.69, 9.17) is 10.8 Å². The summed E-state index contributed by atoms with van der Waals surface area (Å²) in [7, 11) is 0. The first kappa shape index (κ1) is 21.5. The van der Waals surface area contributed by atoms with E-state index in [1.54, 1.807) is 30.3 Å². The first-order chi connectivity index (χ1) is 12.3. The topological polar surface area (TPSA) is 159 Å². The van der Waals surface area contributed by atoms with Crippen LogP contribution in [-0.2, 0) is 19.2 Å². The van der Waals surface area contributed by atoms with Crippen LogP contribution in [0.25, 0.3) is 0 Å². The third-order valence-electron chi connectivity index (χ3n) is 3.50. The minimum absolute atomic E-state index is 0.0658. The van der Waals surface area contributed by atoms with Gasteiger partial charge in [-0.05, 0) is 12.0 Å². The Morgan fingerprint density at radius 3 is 2.15 bits per heavy atom. The molecule has 1 aromatic rings. The summed E-state index contributed by atoms with van der Waals surface area (Å²) in [6.07, 6.45) is -0.282. The Hall–Kier alpha value is -2.59. The molecule has 1 rings (SSSR count). The number of nitrogens with one attached hydrogen (secondary N) is 2. The summed E-state index contributed by atoms with van der Waals surface area (Å²) < 4.78 is 0. The zero-order valence-electron chi connectivity index (χ0n) is 13.8. The van der Waals surface area contributed by atoms with Crippen molar-refractivity contribution < 1.29 is 29.4 Å². The molecule has 9 nitrogen and oxygen atoms in total. The molecule has 0 aromatic heterocycles. The third kappa shape index (κ3) is 6.73. The maximum atomic E-state index is 12.3. The molecule has 26 heavy (non-hydrogen) atoms. The number of rotatable bonds is 10. The van der Waals surface area contributed by atoms with E-state index in [0.717, 1.165) is 0 Å². The molecule has 0 saturated heterocycles. The summed E-state index contributed by atoms with van der Waals surface area (Å²) in [5.41, 5.74) is 5.69. The van der Waals surface area contributed by atoms with E-state index in [0.29, 0.717) is 5.56 Å². The van der Waals surface area contributed by atoms with Gasteiger partial charge in [-0.2, -0.15) is 12.6 Å². The second kappa shape index (κ2) is 10.4. The van der Waals surface area contributed by atoms with E-state index in [1.807, 2.05) is 0 Å². The third-order valence-corrected chi connectivity index (χ3v) is 3.87. The van der Waals surface area contributed by atoms with Crippen LogP contribution in [0.3, 0.4) is 0 Å². The average Bonchev–Trinajstić information content (AvgIpc) is 2.62. The molecule has 1 unspecified atom stereocenters. The zero-order valence-corrected chi connectivity index (χ0v) is 14.7. The van der Waals surface area contributed by atoms with Gasteiger partial charge in [0.15, 0.2) is 6.04 Å². The van der Waals surface area contributed by atoms with Crippen molar-refractivity contribution in [1.82, 2.24) is 10.6 Å². The SMILES string of the molecule is N[C@@H](CCC(=O)N[C@@H](CS)C(=O)NC(C(=O)O)c1ccccc1)C(=O)O. The van der Waals surface area contributed by atoms with Crippen molar-refractivity contribution in [1.29, 1.82) is 0 Å². The van der Waals surface area contributed by atoms with Crippen LogP contribution in [0.1, 0.15) is 24.4 Å². The van der Waals surface area contributed by atoms with Crippen LogP contribution < -0.4 is 16.4 Å². The van der Waals surface area contributed by atoms with E-state index < -0.39 is 41.9 Å². The molecule has 142 valence electrons. The Bertz CT molecular complexity index is 655. The highest BCUT2D eigenvalue weighted by Gasteiger charge is 2.27. The number of hydrogen-bond acceptors (Lipinski definition) is 6. The Balaban J connectivity index is 2.68.